The van der Waals surface area contributed by atoms with Gasteiger partial charge in [0.1, 0.15) is 17.3 Å². The summed E-state index contributed by atoms with van der Waals surface area (Å²) in [6.07, 6.45) is 2.64. The molecule has 0 bridgehead atoms. The van der Waals surface area contributed by atoms with E-state index in [1.165, 1.54) is 4.31 Å². The Balaban J connectivity index is 0.00000128. The quantitative estimate of drug-likeness (QED) is 0.471. The Hall–Kier alpha value is -1.00. The zero-order valence-electron chi connectivity index (χ0n) is 8.85. The van der Waals surface area contributed by atoms with Crippen molar-refractivity contribution < 1.29 is 22.0 Å². The highest BCUT2D eigenvalue weighted by molar-refractivity contribution is 7.95. The van der Waals surface area contributed by atoms with Gasteiger partial charge in [-0.1, -0.05) is 22.5 Å². The SMILES string of the molecule is C[S+](c1ccccc1)N1C(=O)CCC1=O.[Cl-]. The van der Waals surface area contributed by atoms with Gasteiger partial charge in [-0.3, -0.25) is 9.59 Å². The van der Waals surface area contributed by atoms with Crippen LogP contribution in [0.25, 0.3) is 0 Å². The Bertz CT molecular complexity index is 380. The summed E-state index contributed by atoms with van der Waals surface area (Å²) < 4.78 is 1.40. The van der Waals surface area contributed by atoms with Gasteiger partial charge in [0.15, 0.2) is 4.90 Å². The van der Waals surface area contributed by atoms with Crippen molar-refractivity contribution >= 4 is 22.9 Å². The molecule has 1 unspecified atom stereocenters. The zero-order chi connectivity index (χ0) is 10.8. The van der Waals surface area contributed by atoms with Crippen LogP contribution in [0.3, 0.4) is 0 Å². The Morgan fingerprint density at radius 3 is 2.06 bits per heavy atom. The topological polar surface area (TPSA) is 37.4 Å². The first-order chi connectivity index (χ1) is 7.20. The highest BCUT2D eigenvalue weighted by Gasteiger charge is 2.41. The molecule has 3 nitrogen and oxygen atoms in total. The van der Waals surface area contributed by atoms with Crippen molar-refractivity contribution in [1.29, 1.82) is 0 Å². The van der Waals surface area contributed by atoms with E-state index in [4.69, 9.17) is 0 Å². The van der Waals surface area contributed by atoms with E-state index >= 15 is 0 Å². The van der Waals surface area contributed by atoms with E-state index in [1.54, 1.807) is 0 Å². The number of benzene rings is 1. The van der Waals surface area contributed by atoms with E-state index in [-0.39, 0.29) is 24.2 Å². The Morgan fingerprint density at radius 1 is 1.06 bits per heavy atom. The summed E-state index contributed by atoms with van der Waals surface area (Å²) in [5, 5.41) is 0. The third kappa shape index (κ3) is 2.39. The van der Waals surface area contributed by atoms with Gasteiger partial charge in [0.2, 0.25) is 0 Å². The van der Waals surface area contributed by atoms with E-state index in [2.05, 4.69) is 0 Å². The van der Waals surface area contributed by atoms with Gasteiger partial charge in [0, 0.05) is 12.8 Å². The van der Waals surface area contributed by atoms with E-state index in [0.29, 0.717) is 12.8 Å². The lowest BCUT2D eigenvalue weighted by Gasteiger charge is -2.10. The molecule has 0 aliphatic carbocycles. The molecule has 1 aromatic rings. The van der Waals surface area contributed by atoms with Crippen molar-refractivity contribution in [2.45, 2.75) is 17.7 Å². The predicted molar refractivity (Wildman–Crippen MR) is 59.1 cm³/mol. The number of carbonyl (C=O) groups is 2. The molecule has 86 valence electrons. The minimum Gasteiger partial charge on any atom is -1.00 e. The summed E-state index contributed by atoms with van der Waals surface area (Å²) in [6, 6.07) is 9.66. The van der Waals surface area contributed by atoms with Crippen LogP contribution in [0.4, 0.5) is 0 Å². The van der Waals surface area contributed by atoms with Crippen LogP contribution in [0, 0.1) is 0 Å². The molecule has 1 aliphatic rings. The lowest BCUT2D eigenvalue weighted by atomic mass is 10.4. The normalized spacial score (nSPS) is 17.2. The molecule has 1 fully saturated rings. The number of hydrogen-bond acceptors (Lipinski definition) is 2. The average molecular weight is 258 g/mol. The van der Waals surface area contributed by atoms with Gasteiger partial charge >= 0.3 is 0 Å². The van der Waals surface area contributed by atoms with E-state index in [0.717, 1.165) is 4.90 Å². The molecule has 2 rings (SSSR count). The molecule has 1 saturated heterocycles. The van der Waals surface area contributed by atoms with Crippen LogP contribution in [0.5, 0.6) is 0 Å². The maximum absolute atomic E-state index is 11.5. The lowest BCUT2D eigenvalue weighted by Crippen LogP contribution is -3.00. The summed E-state index contributed by atoms with van der Waals surface area (Å²) >= 11 is -0.435. The third-order valence-corrected chi connectivity index (χ3v) is 4.27. The number of hydrogen-bond donors (Lipinski definition) is 0. The smallest absolute Gasteiger partial charge is 0.273 e. The Morgan fingerprint density at radius 2 is 1.56 bits per heavy atom. The first-order valence-corrected chi connectivity index (χ1v) is 6.36. The fraction of sp³-hybridized carbons (Fsp3) is 0.273. The number of imide groups is 1. The monoisotopic (exact) mass is 257 g/mol. The predicted octanol–water partition coefficient (Wildman–Crippen LogP) is -1.64. The van der Waals surface area contributed by atoms with E-state index in [9.17, 15) is 9.59 Å². The molecule has 0 spiro atoms. The fourth-order valence-corrected chi connectivity index (χ4v) is 3.14. The maximum atomic E-state index is 11.5. The van der Waals surface area contributed by atoms with Crippen molar-refractivity contribution in [2.24, 2.45) is 0 Å². The highest BCUT2D eigenvalue weighted by atomic mass is 35.5. The van der Waals surface area contributed by atoms with Gasteiger partial charge in [0.05, 0.1) is 0 Å². The molecule has 0 N–H and O–H groups in total. The highest BCUT2D eigenvalue weighted by Crippen LogP contribution is 2.22. The van der Waals surface area contributed by atoms with Crippen molar-refractivity contribution in [3.63, 3.8) is 0 Å². The molecule has 1 heterocycles. The van der Waals surface area contributed by atoms with Crippen LogP contribution in [-0.4, -0.2) is 22.4 Å². The number of rotatable bonds is 2. The average Bonchev–Trinajstić information content (AvgIpc) is 2.59. The maximum Gasteiger partial charge on any atom is 0.273 e. The molecule has 1 aromatic carbocycles. The van der Waals surface area contributed by atoms with Gasteiger partial charge in [-0.2, -0.15) is 0 Å². The summed E-state index contributed by atoms with van der Waals surface area (Å²) in [4.78, 5) is 24.1. The van der Waals surface area contributed by atoms with Crippen molar-refractivity contribution in [2.75, 3.05) is 6.26 Å². The zero-order valence-corrected chi connectivity index (χ0v) is 10.4. The van der Waals surface area contributed by atoms with Crippen molar-refractivity contribution in [1.82, 2.24) is 4.31 Å². The second-order valence-corrected chi connectivity index (χ2v) is 5.17. The van der Waals surface area contributed by atoms with Gasteiger partial charge in [-0.25, -0.2) is 0 Å². The van der Waals surface area contributed by atoms with Crippen LogP contribution >= 0.6 is 0 Å². The number of carbonyl (C=O) groups excluding carboxylic acids is 2. The molecular weight excluding hydrogens is 246 g/mol. The van der Waals surface area contributed by atoms with Gasteiger partial charge < -0.3 is 12.4 Å². The summed E-state index contributed by atoms with van der Waals surface area (Å²) in [5.41, 5.74) is 0. The number of amides is 2. The molecule has 1 atom stereocenters. The van der Waals surface area contributed by atoms with Gasteiger partial charge in [-0.15, -0.1) is 0 Å². The molecule has 0 aromatic heterocycles. The largest absolute Gasteiger partial charge is 1.00 e. The standard InChI is InChI=1S/C11H12NO2S.ClH/c1-15(9-5-3-2-4-6-9)12-10(13)7-8-11(12)14;/h2-6H,7-8H2,1H3;1H/q+1;/p-1. The molecular formula is C11H12ClNO2S. The summed E-state index contributed by atoms with van der Waals surface area (Å²) in [5.74, 6) is -0.0932. The van der Waals surface area contributed by atoms with Crippen molar-refractivity contribution in [3.8, 4) is 0 Å². The second kappa shape index (κ2) is 5.37. The Labute approximate surface area is 104 Å². The van der Waals surface area contributed by atoms with Crippen LogP contribution in [-0.2, 0) is 20.7 Å². The first kappa shape index (κ1) is 13.1. The molecule has 0 radical (unpaired) electrons. The minimum atomic E-state index is -0.435. The van der Waals surface area contributed by atoms with Gasteiger partial charge in [-0.05, 0) is 12.1 Å². The molecule has 1 aliphatic heterocycles. The second-order valence-electron chi connectivity index (χ2n) is 3.37. The van der Waals surface area contributed by atoms with Crippen LogP contribution in [0.15, 0.2) is 35.2 Å². The lowest BCUT2D eigenvalue weighted by molar-refractivity contribution is -0.132. The van der Waals surface area contributed by atoms with Crippen molar-refractivity contribution in [3.05, 3.63) is 30.3 Å². The summed E-state index contributed by atoms with van der Waals surface area (Å²) in [7, 11) is 0. The molecule has 2 amide bonds. The van der Waals surface area contributed by atoms with Crippen LogP contribution in [0.2, 0.25) is 0 Å². The van der Waals surface area contributed by atoms with E-state index in [1.807, 2.05) is 36.6 Å². The third-order valence-electron chi connectivity index (χ3n) is 2.36. The number of nitrogens with zero attached hydrogens (tertiary/aromatic N) is 1. The van der Waals surface area contributed by atoms with Crippen LogP contribution in [0.1, 0.15) is 12.8 Å². The minimum absolute atomic E-state index is 0. The molecule has 0 saturated carbocycles. The fourth-order valence-electron chi connectivity index (χ4n) is 1.58. The molecule has 16 heavy (non-hydrogen) atoms. The summed E-state index contributed by atoms with van der Waals surface area (Å²) in [6.45, 7) is 0. The number of halogens is 1. The van der Waals surface area contributed by atoms with Gasteiger partial charge in [0.25, 0.3) is 11.8 Å². The first-order valence-electron chi connectivity index (χ1n) is 4.77. The van der Waals surface area contributed by atoms with Crippen LogP contribution < -0.4 is 12.4 Å². The van der Waals surface area contributed by atoms with E-state index < -0.39 is 11.1 Å². The molecule has 5 heteroatoms. The Kier molecular flexibility index (Phi) is 4.38.